The highest BCUT2D eigenvalue weighted by Gasteiger charge is 2.37. The highest BCUT2D eigenvalue weighted by molar-refractivity contribution is 5.88. The molecular formula is C31H63Cl2N5O9-2. The molecule has 0 bridgehead atoms. The molecule has 0 spiro atoms. The van der Waals surface area contributed by atoms with Crippen molar-refractivity contribution in [1.29, 1.82) is 0 Å². The normalized spacial score (nSPS) is 20.8. The van der Waals surface area contributed by atoms with Gasteiger partial charge >= 0.3 is 17.9 Å². The fourth-order valence-electron chi connectivity index (χ4n) is 5.15. The van der Waals surface area contributed by atoms with Crippen molar-refractivity contribution in [3.05, 3.63) is 5.21 Å². The summed E-state index contributed by atoms with van der Waals surface area (Å²) in [5.41, 5.74) is 0. The van der Waals surface area contributed by atoms with Crippen LogP contribution in [0.4, 0.5) is 0 Å². The summed E-state index contributed by atoms with van der Waals surface area (Å²) in [5.74, 6) is -1.18. The van der Waals surface area contributed by atoms with Gasteiger partial charge in [-0.2, -0.15) is 0 Å². The number of likely N-dealkylation sites (N-methyl/N-ethyl adjacent to an activating group) is 2. The number of nitrogens with zero attached hydrogens (tertiary/aromatic N) is 2. The molecule has 282 valence electrons. The fourth-order valence-corrected chi connectivity index (χ4v) is 5.15. The Morgan fingerprint density at radius 3 is 1.72 bits per heavy atom. The van der Waals surface area contributed by atoms with E-state index in [-0.39, 0.29) is 87.5 Å². The first-order valence-corrected chi connectivity index (χ1v) is 15.6. The molecule has 0 aromatic rings. The number of methoxy groups -OCH3 is 2. The van der Waals surface area contributed by atoms with Gasteiger partial charge in [-0.05, 0) is 85.5 Å². The van der Waals surface area contributed by atoms with Crippen molar-refractivity contribution in [2.24, 2.45) is 0 Å². The van der Waals surface area contributed by atoms with Crippen molar-refractivity contribution in [2.45, 2.75) is 123 Å². The molecule has 0 radical (unpaired) electrons. The average molecular weight is 721 g/mol. The third kappa shape index (κ3) is 19.5. The first-order chi connectivity index (χ1) is 20.9. The van der Waals surface area contributed by atoms with Crippen LogP contribution in [0.1, 0.15) is 93.8 Å². The number of hydrogen-bond donors (Lipinski definition) is 4. The molecule has 1 amide bonds. The monoisotopic (exact) mass is 719 g/mol. The maximum absolute atomic E-state index is 12.3. The summed E-state index contributed by atoms with van der Waals surface area (Å²) in [6.07, 6.45) is 8.53. The number of halogens is 2. The van der Waals surface area contributed by atoms with Gasteiger partial charge in [-0.3, -0.25) is 19.2 Å². The quantitative estimate of drug-likeness (QED) is 0.228. The van der Waals surface area contributed by atoms with Crippen molar-refractivity contribution < 1.29 is 40.0 Å². The van der Waals surface area contributed by atoms with E-state index in [1.165, 1.54) is 21.1 Å². The molecule has 14 nitrogen and oxygen atoms in total. The van der Waals surface area contributed by atoms with Gasteiger partial charge in [0.05, 0.1) is 26.3 Å². The summed E-state index contributed by atoms with van der Waals surface area (Å²) in [6.45, 7) is 7.61. The maximum Gasteiger partial charge on any atom is 0.328 e. The number of Topliss-reactive ketones (excluding diaryl/α,β-unsaturated/α-hetero) is 1. The average Bonchev–Trinajstić information content (AvgIpc) is 3.81. The Balaban J connectivity index is -0.000000174. The number of ketones is 1. The second-order valence-electron chi connectivity index (χ2n) is 10.9. The molecule has 3 fully saturated rings. The Labute approximate surface area is 295 Å². The van der Waals surface area contributed by atoms with E-state index in [1.54, 1.807) is 19.0 Å². The predicted octanol–water partition coefficient (Wildman–Crippen LogP) is 3.04. The lowest BCUT2D eigenvalue weighted by molar-refractivity contribution is -0.151. The second kappa shape index (κ2) is 30.0. The molecule has 0 aromatic heterocycles. The van der Waals surface area contributed by atoms with Gasteiger partial charge in [0.2, 0.25) is 5.91 Å². The molecule has 0 aliphatic carbocycles. The Morgan fingerprint density at radius 2 is 1.38 bits per heavy atom. The van der Waals surface area contributed by atoms with E-state index < -0.39 is 5.97 Å². The SMILES string of the molecule is C.CC(=O)[C@@H]1CCCN1[O-].CCCC(NC)C(=O)N1CCC[C@H]1C(=O)OC.CCC[C@H](NC)C(=O)O.COC(=O)[C@@H]1CCCN1.Cl.Cl.[H-]. The number of nitrogens with one attached hydrogen (secondary N) is 3. The number of carboxylic acid groups (broad SMARTS) is 1. The van der Waals surface area contributed by atoms with Crippen LogP contribution >= 0.6 is 24.8 Å². The van der Waals surface area contributed by atoms with Crippen molar-refractivity contribution in [3.8, 4) is 0 Å². The predicted molar refractivity (Wildman–Crippen MR) is 189 cm³/mol. The van der Waals surface area contributed by atoms with Crippen LogP contribution < -0.4 is 16.0 Å². The molecule has 3 aliphatic rings. The first-order valence-electron chi connectivity index (χ1n) is 15.6. The molecule has 5 atom stereocenters. The molecule has 0 aromatic carbocycles. The van der Waals surface area contributed by atoms with Crippen LogP contribution in [0.5, 0.6) is 0 Å². The van der Waals surface area contributed by atoms with Gasteiger partial charge in [0.1, 0.15) is 23.9 Å². The molecule has 3 rings (SSSR count). The highest BCUT2D eigenvalue weighted by Crippen LogP contribution is 2.20. The lowest BCUT2D eigenvalue weighted by atomic mass is 10.1. The zero-order chi connectivity index (χ0) is 33.7. The number of likely N-dealkylation sites (tertiary alicyclic amines) is 1. The molecule has 47 heavy (non-hydrogen) atoms. The third-order valence-electron chi connectivity index (χ3n) is 7.68. The topological polar surface area (TPSA) is 190 Å². The van der Waals surface area contributed by atoms with E-state index in [1.807, 2.05) is 13.8 Å². The van der Waals surface area contributed by atoms with Crippen molar-refractivity contribution >= 4 is 54.4 Å². The smallest absolute Gasteiger partial charge is 0.328 e. The number of aliphatic carboxylic acids is 1. The summed E-state index contributed by atoms with van der Waals surface area (Å²) in [6, 6.07) is -1.31. The fraction of sp³-hybridized carbons (Fsp3) is 0.839. The Kier molecular flexibility index (Phi) is 33.1. The van der Waals surface area contributed by atoms with E-state index in [4.69, 9.17) is 9.84 Å². The highest BCUT2D eigenvalue weighted by atomic mass is 35.5. The minimum absolute atomic E-state index is 0. The van der Waals surface area contributed by atoms with Gasteiger partial charge in [0, 0.05) is 6.54 Å². The van der Waals surface area contributed by atoms with Crippen molar-refractivity contribution in [2.75, 3.05) is 47.9 Å². The number of esters is 2. The van der Waals surface area contributed by atoms with Crippen LogP contribution in [0.2, 0.25) is 0 Å². The van der Waals surface area contributed by atoms with Crippen LogP contribution in [0.3, 0.4) is 0 Å². The maximum atomic E-state index is 12.3. The van der Waals surface area contributed by atoms with Crippen LogP contribution in [0.15, 0.2) is 0 Å². The molecular weight excluding hydrogens is 657 g/mol. The zero-order valence-corrected chi connectivity index (χ0v) is 30.1. The summed E-state index contributed by atoms with van der Waals surface area (Å²) < 4.78 is 9.27. The van der Waals surface area contributed by atoms with Crippen LogP contribution in [-0.4, -0.2) is 123 Å². The number of carbonyl (C=O) groups is 5. The van der Waals surface area contributed by atoms with Gasteiger partial charge < -0.3 is 47.1 Å². The summed E-state index contributed by atoms with van der Waals surface area (Å²) in [5, 5.41) is 28.8. The van der Waals surface area contributed by atoms with Gasteiger partial charge in [0.25, 0.3) is 0 Å². The molecule has 3 saturated heterocycles. The molecule has 0 saturated carbocycles. The lowest BCUT2D eigenvalue weighted by Crippen LogP contribution is -2.49. The summed E-state index contributed by atoms with van der Waals surface area (Å²) in [4.78, 5) is 57.1. The van der Waals surface area contributed by atoms with E-state index in [0.717, 1.165) is 63.0 Å². The van der Waals surface area contributed by atoms with Gasteiger partial charge in [0.15, 0.2) is 0 Å². The number of rotatable bonds is 11. The summed E-state index contributed by atoms with van der Waals surface area (Å²) in [7, 11) is 6.23. The number of amides is 1. The van der Waals surface area contributed by atoms with E-state index >= 15 is 0 Å². The minimum Gasteiger partial charge on any atom is -1.00 e. The molecule has 4 N–H and O–H groups in total. The lowest BCUT2D eigenvalue weighted by Gasteiger charge is -2.27. The van der Waals surface area contributed by atoms with Gasteiger partial charge in [-0.15, -0.1) is 24.8 Å². The first kappa shape index (κ1) is 51.8. The zero-order valence-electron chi connectivity index (χ0n) is 29.5. The van der Waals surface area contributed by atoms with E-state index in [9.17, 15) is 29.2 Å². The second-order valence-corrected chi connectivity index (χ2v) is 10.9. The number of carboxylic acids is 1. The molecule has 16 heteroatoms. The summed E-state index contributed by atoms with van der Waals surface area (Å²) >= 11 is 0. The van der Waals surface area contributed by atoms with Crippen LogP contribution in [0.25, 0.3) is 0 Å². The van der Waals surface area contributed by atoms with E-state index in [0.29, 0.717) is 25.9 Å². The number of carbonyl (C=O) groups excluding carboxylic acids is 4. The molecule has 3 aliphatic heterocycles. The van der Waals surface area contributed by atoms with Gasteiger partial charge in [-0.1, -0.05) is 34.1 Å². The largest absolute Gasteiger partial charge is 1.00 e. The molecule has 1 unspecified atom stereocenters. The number of hydroxylamine groups is 2. The minimum atomic E-state index is -0.764. The Bertz CT molecular complexity index is 889. The van der Waals surface area contributed by atoms with Crippen molar-refractivity contribution in [3.63, 3.8) is 0 Å². The van der Waals surface area contributed by atoms with Gasteiger partial charge in [-0.25, -0.2) is 4.79 Å². The number of ether oxygens (including phenoxy) is 2. The third-order valence-corrected chi connectivity index (χ3v) is 7.68. The molecule has 3 heterocycles. The van der Waals surface area contributed by atoms with Crippen LogP contribution in [-0.2, 0) is 33.4 Å². The standard InChI is InChI=1S/C12H22N2O3.C6H11NO2.C6H10NO2.C6H13NO2.CH4.2ClH.H/c1-4-6-9(13-2)11(15)14-8-5-7-10(14)12(16)17-3;1-9-6(8)5-3-2-4-7-5;1-5(8)6-3-2-4-7(6)9;1-3-4-5(7-2)6(8)9;;;;/h9-10,13H,4-8H2,1-3H3;5,7H,2-4H2,1H3;6H,2-4H2,1H3;5,7H,3-4H2,1-2H3,(H,8,9);1H4;2*1H;/q;;-1;;;;;-1/t9?,10-;5-;6-;5-;;;;/m0000..../s1. The van der Waals surface area contributed by atoms with Crippen LogP contribution in [0, 0.1) is 5.21 Å². The van der Waals surface area contributed by atoms with Crippen molar-refractivity contribution in [1.82, 2.24) is 25.9 Å². The Hall–Kier alpha value is -2.07. The van der Waals surface area contributed by atoms with E-state index in [2.05, 4.69) is 20.7 Å². The number of hydrogen-bond acceptors (Lipinski definition) is 12. The Morgan fingerprint density at radius 1 is 0.872 bits per heavy atom.